The summed E-state index contributed by atoms with van der Waals surface area (Å²) in [5, 5.41) is 22.3. The first-order chi connectivity index (χ1) is 30.1. The molecule has 3 nitrogen and oxygen atoms in total. The minimum absolute atomic E-state index is 0.0735. The smallest absolute Gasteiger partial charge is 0.0909 e. The molecule has 2 N–H and O–H groups in total. The third-order valence-corrected chi connectivity index (χ3v) is 12.3. The van der Waals surface area contributed by atoms with Gasteiger partial charge in [-0.1, -0.05) is 222 Å². The fraction of sp³-hybridized carbons (Fsp3) is 0.793. The number of hydrogen-bond acceptors (Lipinski definition) is 3. The molecule has 0 rings (SSSR count). The van der Waals surface area contributed by atoms with E-state index < -0.39 is 5.60 Å². The van der Waals surface area contributed by atoms with E-state index in [-0.39, 0.29) is 12.7 Å². The van der Waals surface area contributed by atoms with Gasteiger partial charge < -0.3 is 14.9 Å². The predicted octanol–water partition coefficient (Wildman–Crippen LogP) is 18.7. The number of hydrogen-bond donors (Lipinski definition) is 2. The van der Waals surface area contributed by atoms with E-state index in [0.717, 1.165) is 51.4 Å². The first-order valence-electron chi connectivity index (χ1n) is 27.0. The summed E-state index contributed by atoms with van der Waals surface area (Å²) < 4.78 is 6.48. The van der Waals surface area contributed by atoms with Crippen LogP contribution in [0.4, 0.5) is 0 Å². The van der Waals surface area contributed by atoms with Crippen molar-refractivity contribution >= 4 is 0 Å². The van der Waals surface area contributed by atoms with Crippen LogP contribution in [-0.4, -0.2) is 35.1 Å². The monoisotopic (exact) mass is 851 g/mol. The molecule has 0 aliphatic carbocycles. The van der Waals surface area contributed by atoms with Crippen LogP contribution in [0.1, 0.15) is 271 Å². The Bertz CT molecular complexity index is 970. The van der Waals surface area contributed by atoms with Gasteiger partial charge in [-0.3, -0.25) is 0 Å². The topological polar surface area (TPSA) is 49.7 Å². The Morgan fingerprint density at radius 2 is 0.639 bits per heavy atom. The van der Waals surface area contributed by atoms with Crippen LogP contribution >= 0.6 is 0 Å². The zero-order valence-corrected chi connectivity index (χ0v) is 41.3. The first kappa shape index (κ1) is 59.3. The zero-order chi connectivity index (χ0) is 44.3. The highest BCUT2D eigenvalue weighted by Crippen LogP contribution is 2.31. The molecule has 3 heteroatoms. The van der Waals surface area contributed by atoms with Gasteiger partial charge in [0.25, 0.3) is 0 Å². The highest BCUT2D eigenvalue weighted by atomic mass is 16.5. The van der Waals surface area contributed by atoms with E-state index in [1.807, 2.05) is 0 Å². The fourth-order valence-electron chi connectivity index (χ4n) is 8.23. The second kappa shape index (κ2) is 51.0. The third kappa shape index (κ3) is 44.7. The molecule has 0 radical (unpaired) electrons. The molecule has 0 aromatic rings. The van der Waals surface area contributed by atoms with Crippen molar-refractivity contribution in [3.63, 3.8) is 0 Å². The van der Waals surface area contributed by atoms with Gasteiger partial charge in [-0.05, 0) is 122 Å². The molecule has 0 bridgehead atoms. The van der Waals surface area contributed by atoms with Gasteiger partial charge in [0.15, 0.2) is 0 Å². The maximum atomic E-state index is 12.2. The average Bonchev–Trinajstić information content (AvgIpc) is 3.26. The molecule has 356 valence electrons. The van der Waals surface area contributed by atoms with Crippen LogP contribution in [0.25, 0.3) is 0 Å². The molecule has 0 fully saturated rings. The Balaban J connectivity index is 4.60. The number of allylic oxidation sites excluding steroid dienone is 12. The van der Waals surface area contributed by atoms with E-state index in [0.29, 0.717) is 13.0 Å². The Morgan fingerprint density at radius 1 is 0.361 bits per heavy atom. The number of aliphatic hydroxyl groups excluding tert-OH is 1. The molecule has 0 aromatic heterocycles. The van der Waals surface area contributed by atoms with E-state index in [9.17, 15) is 10.2 Å². The summed E-state index contributed by atoms with van der Waals surface area (Å²) in [6.07, 6.45) is 74.1. The van der Waals surface area contributed by atoms with Gasteiger partial charge >= 0.3 is 0 Å². The summed E-state index contributed by atoms with van der Waals surface area (Å²) in [5.41, 5.74) is -0.842. The fourth-order valence-corrected chi connectivity index (χ4v) is 8.23. The summed E-state index contributed by atoms with van der Waals surface area (Å²) >= 11 is 0. The average molecular weight is 851 g/mol. The van der Waals surface area contributed by atoms with Crippen LogP contribution in [0.3, 0.4) is 0 Å². The predicted molar refractivity (Wildman–Crippen MR) is 274 cm³/mol. The number of unbranched alkanes of at least 4 members (excludes halogenated alkanes) is 27. The SMILES string of the molecule is CCCCCC=CCC=CCCCCCCCCOC(CCO)C(O)(CCCCCCCCC=CCC=CCCCCC)CCCCCCCCC=CCC=CCCCCC. The Morgan fingerprint density at radius 3 is 0.951 bits per heavy atom. The number of rotatable bonds is 49. The lowest BCUT2D eigenvalue weighted by atomic mass is 9.83. The molecular weight excluding hydrogens is 745 g/mol. The van der Waals surface area contributed by atoms with Crippen LogP contribution in [0.2, 0.25) is 0 Å². The van der Waals surface area contributed by atoms with Gasteiger partial charge in [0.05, 0.1) is 11.7 Å². The van der Waals surface area contributed by atoms with Gasteiger partial charge in [0.1, 0.15) is 0 Å². The van der Waals surface area contributed by atoms with Crippen LogP contribution in [0, 0.1) is 0 Å². The molecule has 0 spiro atoms. The second-order valence-electron chi connectivity index (χ2n) is 18.2. The summed E-state index contributed by atoms with van der Waals surface area (Å²) in [4.78, 5) is 0. The highest BCUT2D eigenvalue weighted by Gasteiger charge is 2.36. The lowest BCUT2D eigenvalue weighted by molar-refractivity contribution is -0.127. The molecule has 1 atom stereocenters. The third-order valence-electron chi connectivity index (χ3n) is 12.3. The van der Waals surface area contributed by atoms with Gasteiger partial charge in [-0.2, -0.15) is 0 Å². The van der Waals surface area contributed by atoms with Crippen LogP contribution < -0.4 is 0 Å². The van der Waals surface area contributed by atoms with E-state index in [4.69, 9.17) is 4.74 Å². The van der Waals surface area contributed by atoms with Crippen molar-refractivity contribution in [1.82, 2.24) is 0 Å². The molecule has 0 saturated heterocycles. The van der Waals surface area contributed by atoms with Crippen LogP contribution in [-0.2, 0) is 4.74 Å². The molecule has 0 amide bonds. The van der Waals surface area contributed by atoms with Gasteiger partial charge in [0, 0.05) is 13.2 Å². The minimum atomic E-state index is -0.842. The highest BCUT2D eigenvalue weighted by molar-refractivity contribution is 4.94. The normalized spacial score (nSPS) is 14.1. The summed E-state index contributed by atoms with van der Waals surface area (Å²) in [5.74, 6) is 0. The Labute approximate surface area is 382 Å². The molecule has 61 heavy (non-hydrogen) atoms. The van der Waals surface area contributed by atoms with Crippen molar-refractivity contribution in [2.75, 3.05) is 13.2 Å². The van der Waals surface area contributed by atoms with E-state index in [1.54, 1.807) is 0 Å². The standard InChI is InChI=1S/C58H106O3/c1-4-7-10-13-16-19-22-25-28-31-34-37-40-43-46-49-53-58(60,54-50-47-44-41-38-35-32-29-26-23-20-17-14-11-8-5-2)57(52-55-59)61-56-51-48-45-42-39-36-33-30-27-24-21-18-15-12-9-6-3/h16-21,25-30,57,59-60H,4-15,22-24,31-56H2,1-3H3. The number of ether oxygens (including phenoxy) is 1. The maximum Gasteiger partial charge on any atom is 0.0909 e. The van der Waals surface area contributed by atoms with E-state index in [2.05, 4.69) is 93.7 Å². The molecule has 0 saturated carbocycles. The summed E-state index contributed by atoms with van der Waals surface area (Å²) in [6, 6.07) is 0. The van der Waals surface area contributed by atoms with Crippen molar-refractivity contribution in [3.8, 4) is 0 Å². The molecule has 0 aliphatic heterocycles. The summed E-state index contributed by atoms with van der Waals surface area (Å²) in [7, 11) is 0. The first-order valence-corrected chi connectivity index (χ1v) is 27.0. The van der Waals surface area contributed by atoms with Crippen LogP contribution in [0.5, 0.6) is 0 Å². The molecule has 0 aromatic carbocycles. The van der Waals surface area contributed by atoms with Gasteiger partial charge in [-0.25, -0.2) is 0 Å². The Hall–Kier alpha value is -1.68. The van der Waals surface area contributed by atoms with E-state index in [1.165, 1.54) is 193 Å². The molecule has 0 heterocycles. The van der Waals surface area contributed by atoms with Crippen molar-refractivity contribution in [3.05, 3.63) is 72.9 Å². The van der Waals surface area contributed by atoms with Crippen LogP contribution in [0.15, 0.2) is 72.9 Å². The molecule has 0 aliphatic rings. The van der Waals surface area contributed by atoms with Crippen molar-refractivity contribution in [1.29, 1.82) is 0 Å². The second-order valence-corrected chi connectivity index (χ2v) is 18.2. The number of aliphatic hydroxyl groups is 2. The minimum Gasteiger partial charge on any atom is -0.396 e. The van der Waals surface area contributed by atoms with Gasteiger partial charge in [0.2, 0.25) is 0 Å². The molecule has 1 unspecified atom stereocenters. The van der Waals surface area contributed by atoms with Crippen molar-refractivity contribution < 1.29 is 14.9 Å². The molecular formula is C58H106O3. The quantitative estimate of drug-likeness (QED) is 0.0474. The lowest BCUT2D eigenvalue weighted by Gasteiger charge is -2.36. The van der Waals surface area contributed by atoms with Crippen molar-refractivity contribution in [2.45, 2.75) is 283 Å². The lowest BCUT2D eigenvalue weighted by Crippen LogP contribution is -2.45. The maximum absolute atomic E-state index is 12.2. The van der Waals surface area contributed by atoms with Crippen molar-refractivity contribution in [2.24, 2.45) is 0 Å². The summed E-state index contributed by atoms with van der Waals surface area (Å²) in [6.45, 7) is 7.55. The Kier molecular flexibility index (Phi) is 49.6. The van der Waals surface area contributed by atoms with E-state index >= 15 is 0 Å². The van der Waals surface area contributed by atoms with Gasteiger partial charge in [-0.15, -0.1) is 0 Å². The zero-order valence-electron chi connectivity index (χ0n) is 41.3. The largest absolute Gasteiger partial charge is 0.396 e.